The molecule has 16 heavy (non-hydrogen) atoms. The van der Waals surface area contributed by atoms with Gasteiger partial charge in [0, 0.05) is 12.6 Å². The van der Waals surface area contributed by atoms with Gasteiger partial charge in [-0.2, -0.15) is 0 Å². The average molecular weight is 230 g/mol. The van der Waals surface area contributed by atoms with E-state index < -0.39 is 5.54 Å². The zero-order valence-corrected chi connectivity index (χ0v) is 11.4. The number of carbonyl (C=O) groups excluding carboxylic acids is 1. The molecule has 0 rings (SSSR count). The second-order valence-corrected chi connectivity index (χ2v) is 5.30. The molecular formula is C12H26N2O2. The molecule has 96 valence electrons. The summed E-state index contributed by atoms with van der Waals surface area (Å²) in [6.45, 7) is 9.14. The molecule has 2 N–H and O–H groups in total. The third kappa shape index (κ3) is 4.94. The van der Waals surface area contributed by atoms with Crippen molar-refractivity contribution >= 4 is 5.97 Å². The molecule has 0 aromatic rings. The minimum atomic E-state index is -0.903. The van der Waals surface area contributed by atoms with Gasteiger partial charge in [0.05, 0.1) is 7.11 Å². The summed E-state index contributed by atoms with van der Waals surface area (Å²) < 4.78 is 4.69. The van der Waals surface area contributed by atoms with E-state index in [4.69, 9.17) is 10.5 Å². The molecule has 0 fully saturated rings. The number of esters is 1. The van der Waals surface area contributed by atoms with E-state index in [-0.39, 0.29) is 12.0 Å². The highest BCUT2D eigenvalue weighted by Gasteiger charge is 2.32. The monoisotopic (exact) mass is 230 g/mol. The SMILES string of the molecule is COC(=O)C(C)(N)CC(C)N(C)CC(C)C. The molecule has 0 amide bonds. The van der Waals surface area contributed by atoms with Crippen molar-refractivity contribution in [3.05, 3.63) is 0 Å². The van der Waals surface area contributed by atoms with Crippen LogP contribution in [0.25, 0.3) is 0 Å². The fraction of sp³-hybridized carbons (Fsp3) is 0.917. The van der Waals surface area contributed by atoms with Crippen LogP contribution in [-0.4, -0.2) is 43.2 Å². The van der Waals surface area contributed by atoms with Gasteiger partial charge in [0.2, 0.25) is 0 Å². The zero-order chi connectivity index (χ0) is 12.9. The Bertz CT molecular complexity index is 227. The van der Waals surface area contributed by atoms with Gasteiger partial charge >= 0.3 is 5.97 Å². The zero-order valence-electron chi connectivity index (χ0n) is 11.4. The van der Waals surface area contributed by atoms with Gasteiger partial charge in [-0.1, -0.05) is 13.8 Å². The first kappa shape index (κ1) is 15.4. The minimum Gasteiger partial charge on any atom is -0.468 e. The Hall–Kier alpha value is -0.610. The van der Waals surface area contributed by atoms with Crippen LogP contribution < -0.4 is 5.73 Å². The van der Waals surface area contributed by atoms with Gasteiger partial charge in [-0.15, -0.1) is 0 Å². The van der Waals surface area contributed by atoms with E-state index in [1.165, 1.54) is 7.11 Å². The van der Waals surface area contributed by atoms with Gasteiger partial charge < -0.3 is 15.4 Å². The third-order valence-corrected chi connectivity index (χ3v) is 2.78. The van der Waals surface area contributed by atoms with Crippen LogP contribution >= 0.6 is 0 Å². The number of nitrogens with zero attached hydrogens (tertiary/aromatic N) is 1. The normalized spacial score (nSPS) is 17.3. The molecule has 0 aliphatic carbocycles. The van der Waals surface area contributed by atoms with Crippen LogP contribution in [0.4, 0.5) is 0 Å². The minimum absolute atomic E-state index is 0.261. The topological polar surface area (TPSA) is 55.6 Å². The van der Waals surface area contributed by atoms with E-state index in [2.05, 4.69) is 32.7 Å². The van der Waals surface area contributed by atoms with Crippen LogP contribution in [0.1, 0.15) is 34.1 Å². The van der Waals surface area contributed by atoms with E-state index in [9.17, 15) is 4.79 Å². The van der Waals surface area contributed by atoms with Gasteiger partial charge in [-0.25, -0.2) is 0 Å². The lowest BCUT2D eigenvalue weighted by Crippen LogP contribution is -2.50. The standard InChI is InChI=1S/C12H26N2O2/c1-9(2)8-14(5)10(3)7-12(4,13)11(15)16-6/h9-10H,7-8,13H2,1-6H3. The maximum Gasteiger partial charge on any atom is 0.325 e. The van der Waals surface area contributed by atoms with E-state index in [1.807, 2.05) is 0 Å². The van der Waals surface area contributed by atoms with Crippen molar-refractivity contribution in [2.75, 3.05) is 20.7 Å². The number of methoxy groups -OCH3 is 1. The number of nitrogens with two attached hydrogens (primary N) is 1. The maximum absolute atomic E-state index is 11.4. The highest BCUT2D eigenvalue weighted by atomic mass is 16.5. The molecule has 0 aliphatic heterocycles. The molecule has 4 nitrogen and oxygen atoms in total. The molecule has 2 unspecified atom stereocenters. The molecule has 0 bridgehead atoms. The van der Waals surface area contributed by atoms with E-state index in [0.717, 1.165) is 6.54 Å². The third-order valence-electron chi connectivity index (χ3n) is 2.78. The van der Waals surface area contributed by atoms with Crippen LogP contribution in [0.2, 0.25) is 0 Å². The molecule has 4 heteroatoms. The van der Waals surface area contributed by atoms with Gasteiger partial charge in [0.25, 0.3) is 0 Å². The van der Waals surface area contributed by atoms with Crippen LogP contribution in [-0.2, 0) is 9.53 Å². The number of carbonyl (C=O) groups is 1. The highest BCUT2D eigenvalue weighted by Crippen LogP contribution is 2.15. The van der Waals surface area contributed by atoms with Crippen molar-refractivity contribution in [1.82, 2.24) is 4.90 Å². The summed E-state index contributed by atoms with van der Waals surface area (Å²) in [5.41, 5.74) is 5.04. The van der Waals surface area contributed by atoms with E-state index in [0.29, 0.717) is 12.3 Å². The summed E-state index contributed by atoms with van der Waals surface area (Å²) in [5.74, 6) is 0.256. The molecular weight excluding hydrogens is 204 g/mol. The second kappa shape index (κ2) is 6.21. The predicted molar refractivity (Wildman–Crippen MR) is 66.2 cm³/mol. The lowest BCUT2D eigenvalue weighted by Gasteiger charge is -2.31. The quantitative estimate of drug-likeness (QED) is 0.698. The molecule has 0 spiro atoms. The number of hydrogen-bond acceptors (Lipinski definition) is 4. The average Bonchev–Trinajstić information content (AvgIpc) is 2.14. The largest absolute Gasteiger partial charge is 0.468 e. The number of ether oxygens (including phenoxy) is 1. The highest BCUT2D eigenvalue weighted by molar-refractivity contribution is 5.79. The van der Waals surface area contributed by atoms with Crippen LogP contribution in [0.3, 0.4) is 0 Å². The lowest BCUT2D eigenvalue weighted by molar-refractivity contribution is -0.147. The lowest BCUT2D eigenvalue weighted by atomic mass is 9.94. The Morgan fingerprint density at radius 3 is 2.31 bits per heavy atom. The fourth-order valence-electron chi connectivity index (χ4n) is 1.84. The van der Waals surface area contributed by atoms with E-state index >= 15 is 0 Å². The Kier molecular flexibility index (Phi) is 5.97. The van der Waals surface area contributed by atoms with Gasteiger partial charge in [-0.05, 0) is 33.2 Å². The Morgan fingerprint density at radius 2 is 1.94 bits per heavy atom. The molecule has 0 radical (unpaired) electrons. The predicted octanol–water partition coefficient (Wildman–Crippen LogP) is 1.24. The fourth-order valence-corrected chi connectivity index (χ4v) is 1.84. The molecule has 0 heterocycles. The van der Waals surface area contributed by atoms with Gasteiger partial charge in [0.15, 0.2) is 0 Å². The van der Waals surface area contributed by atoms with Crippen molar-refractivity contribution < 1.29 is 9.53 Å². The van der Waals surface area contributed by atoms with Crippen LogP contribution in [0, 0.1) is 5.92 Å². The number of rotatable bonds is 6. The smallest absolute Gasteiger partial charge is 0.325 e. The summed E-state index contributed by atoms with van der Waals surface area (Å²) in [4.78, 5) is 13.7. The van der Waals surface area contributed by atoms with Crippen molar-refractivity contribution in [1.29, 1.82) is 0 Å². The summed E-state index contributed by atoms with van der Waals surface area (Å²) in [7, 11) is 3.42. The number of hydrogen-bond donors (Lipinski definition) is 1. The summed E-state index contributed by atoms with van der Waals surface area (Å²) in [5, 5.41) is 0. The molecule has 0 saturated carbocycles. The van der Waals surface area contributed by atoms with Crippen molar-refractivity contribution in [3.63, 3.8) is 0 Å². The first-order valence-corrected chi connectivity index (χ1v) is 5.78. The van der Waals surface area contributed by atoms with Gasteiger partial charge in [-0.3, -0.25) is 4.79 Å². The van der Waals surface area contributed by atoms with Crippen LogP contribution in [0.5, 0.6) is 0 Å². The van der Waals surface area contributed by atoms with Crippen molar-refractivity contribution in [3.8, 4) is 0 Å². The Morgan fingerprint density at radius 1 is 1.44 bits per heavy atom. The molecule has 0 aromatic heterocycles. The van der Waals surface area contributed by atoms with Gasteiger partial charge in [0.1, 0.15) is 5.54 Å². The second-order valence-electron chi connectivity index (χ2n) is 5.30. The summed E-state index contributed by atoms with van der Waals surface area (Å²) >= 11 is 0. The van der Waals surface area contributed by atoms with E-state index in [1.54, 1.807) is 6.92 Å². The Balaban J connectivity index is 4.32. The molecule has 0 saturated heterocycles. The van der Waals surface area contributed by atoms with Crippen molar-refractivity contribution in [2.45, 2.75) is 45.7 Å². The first-order chi connectivity index (χ1) is 7.20. The molecule has 2 atom stereocenters. The molecule has 0 aliphatic rings. The van der Waals surface area contributed by atoms with Crippen LogP contribution in [0.15, 0.2) is 0 Å². The maximum atomic E-state index is 11.4. The molecule has 0 aromatic carbocycles. The first-order valence-electron chi connectivity index (χ1n) is 5.78. The summed E-state index contributed by atoms with van der Waals surface area (Å²) in [6.07, 6.45) is 0.600. The Labute approximate surface area is 99.1 Å². The van der Waals surface area contributed by atoms with Crippen molar-refractivity contribution in [2.24, 2.45) is 11.7 Å². The summed E-state index contributed by atoms with van der Waals surface area (Å²) in [6, 6.07) is 0.261.